The van der Waals surface area contributed by atoms with E-state index in [4.69, 9.17) is 9.47 Å². The first-order chi connectivity index (χ1) is 12.8. The molecule has 7 nitrogen and oxygen atoms in total. The molecular weight excluding hydrogens is 330 g/mol. The average molecular weight is 353 g/mol. The summed E-state index contributed by atoms with van der Waals surface area (Å²) in [5.74, 6) is 2.77. The van der Waals surface area contributed by atoms with Crippen LogP contribution in [0.4, 0.5) is 5.82 Å². The van der Waals surface area contributed by atoms with Gasteiger partial charge in [-0.25, -0.2) is 9.97 Å². The molecule has 26 heavy (non-hydrogen) atoms. The van der Waals surface area contributed by atoms with E-state index in [0.29, 0.717) is 0 Å². The number of ether oxygens (including phenoxy) is 2. The molecule has 0 aliphatic carbocycles. The van der Waals surface area contributed by atoms with E-state index in [1.807, 2.05) is 24.4 Å². The first-order valence-electron chi connectivity index (χ1n) is 8.75. The fourth-order valence-corrected chi connectivity index (χ4v) is 3.47. The van der Waals surface area contributed by atoms with Crippen molar-refractivity contribution in [1.82, 2.24) is 19.9 Å². The number of anilines is 1. The Morgan fingerprint density at radius 2 is 1.88 bits per heavy atom. The van der Waals surface area contributed by atoms with Crippen molar-refractivity contribution in [3.63, 3.8) is 0 Å². The molecule has 0 bridgehead atoms. The van der Waals surface area contributed by atoms with Crippen LogP contribution in [0, 0.1) is 0 Å². The maximum absolute atomic E-state index is 5.50. The highest BCUT2D eigenvalue weighted by Gasteiger charge is 2.21. The van der Waals surface area contributed by atoms with Gasteiger partial charge in [-0.1, -0.05) is 0 Å². The standard InChI is InChI=1S/C19H23N5O2/c1-25-15-3-4-17(26-2)14(11-15)12-23-7-9-24(10-8-23)19-16-5-6-20-18(16)21-13-22-19/h3-6,11,13H,7-10,12H2,1-2H3,(H,20,21,22). The van der Waals surface area contributed by atoms with Crippen LogP contribution in [-0.4, -0.2) is 60.3 Å². The molecule has 1 N–H and O–H groups in total. The Balaban J connectivity index is 1.45. The van der Waals surface area contributed by atoms with Crippen LogP contribution in [0.15, 0.2) is 36.8 Å². The summed E-state index contributed by atoms with van der Waals surface area (Å²) in [4.78, 5) is 16.7. The van der Waals surface area contributed by atoms with Gasteiger partial charge in [0.15, 0.2) is 0 Å². The van der Waals surface area contributed by atoms with Crippen LogP contribution >= 0.6 is 0 Å². The highest BCUT2D eigenvalue weighted by Crippen LogP contribution is 2.27. The summed E-state index contributed by atoms with van der Waals surface area (Å²) >= 11 is 0. The van der Waals surface area contributed by atoms with E-state index < -0.39 is 0 Å². The molecule has 3 aromatic rings. The van der Waals surface area contributed by atoms with Gasteiger partial charge in [-0.3, -0.25) is 4.90 Å². The van der Waals surface area contributed by atoms with Crippen molar-refractivity contribution < 1.29 is 9.47 Å². The molecule has 0 atom stereocenters. The van der Waals surface area contributed by atoms with E-state index in [2.05, 4.69) is 30.8 Å². The van der Waals surface area contributed by atoms with Crippen LogP contribution in [0.25, 0.3) is 11.0 Å². The van der Waals surface area contributed by atoms with Crippen molar-refractivity contribution in [2.24, 2.45) is 0 Å². The molecule has 0 unspecified atom stereocenters. The van der Waals surface area contributed by atoms with Gasteiger partial charge < -0.3 is 19.4 Å². The van der Waals surface area contributed by atoms with Gasteiger partial charge in [0.2, 0.25) is 0 Å². The fraction of sp³-hybridized carbons (Fsp3) is 0.368. The molecule has 3 heterocycles. The first-order valence-corrected chi connectivity index (χ1v) is 8.75. The first kappa shape index (κ1) is 16.7. The molecule has 7 heteroatoms. The van der Waals surface area contributed by atoms with Crippen LogP contribution in [0.2, 0.25) is 0 Å². The van der Waals surface area contributed by atoms with Crippen LogP contribution in [0.3, 0.4) is 0 Å². The highest BCUT2D eigenvalue weighted by molar-refractivity contribution is 5.87. The Morgan fingerprint density at radius 3 is 2.65 bits per heavy atom. The Hall–Kier alpha value is -2.80. The van der Waals surface area contributed by atoms with E-state index in [1.165, 1.54) is 0 Å². The number of nitrogens with one attached hydrogen (secondary N) is 1. The quantitative estimate of drug-likeness (QED) is 0.759. The molecule has 1 aliphatic heterocycles. The zero-order chi connectivity index (χ0) is 17.9. The minimum absolute atomic E-state index is 0.845. The number of hydrogen-bond donors (Lipinski definition) is 1. The van der Waals surface area contributed by atoms with Crippen molar-refractivity contribution in [2.45, 2.75) is 6.54 Å². The zero-order valence-corrected chi connectivity index (χ0v) is 15.1. The Bertz CT molecular complexity index is 887. The third-order valence-electron chi connectivity index (χ3n) is 4.89. The van der Waals surface area contributed by atoms with Crippen LogP contribution in [0.5, 0.6) is 11.5 Å². The zero-order valence-electron chi connectivity index (χ0n) is 15.1. The number of fused-ring (bicyclic) bond motifs is 1. The molecule has 0 spiro atoms. The molecule has 1 fully saturated rings. The van der Waals surface area contributed by atoms with Gasteiger partial charge in [-0.05, 0) is 24.3 Å². The highest BCUT2D eigenvalue weighted by atomic mass is 16.5. The summed E-state index contributed by atoms with van der Waals surface area (Å²) in [5.41, 5.74) is 2.04. The number of benzene rings is 1. The molecular formula is C19H23N5O2. The van der Waals surface area contributed by atoms with Gasteiger partial charge in [-0.2, -0.15) is 0 Å². The number of hydrogen-bond acceptors (Lipinski definition) is 6. The molecule has 0 amide bonds. The van der Waals surface area contributed by atoms with E-state index in [9.17, 15) is 0 Å². The number of nitrogens with zero attached hydrogens (tertiary/aromatic N) is 4. The number of methoxy groups -OCH3 is 2. The van der Waals surface area contributed by atoms with Gasteiger partial charge in [0.1, 0.15) is 29.3 Å². The SMILES string of the molecule is COc1ccc(OC)c(CN2CCN(c3ncnc4[nH]ccc34)CC2)c1. The number of piperazine rings is 1. The summed E-state index contributed by atoms with van der Waals surface area (Å²) < 4.78 is 10.9. The third-order valence-corrected chi connectivity index (χ3v) is 4.89. The normalized spacial score (nSPS) is 15.4. The molecule has 2 aromatic heterocycles. The minimum Gasteiger partial charge on any atom is -0.497 e. The predicted octanol–water partition coefficient (Wildman–Crippen LogP) is 2.30. The summed E-state index contributed by atoms with van der Waals surface area (Å²) in [5, 5.41) is 1.08. The Labute approximate surface area is 152 Å². The average Bonchev–Trinajstić information content (AvgIpc) is 3.17. The molecule has 1 aromatic carbocycles. The predicted molar refractivity (Wildman–Crippen MR) is 101 cm³/mol. The van der Waals surface area contributed by atoms with Crippen molar-refractivity contribution in [3.8, 4) is 11.5 Å². The second-order valence-corrected chi connectivity index (χ2v) is 6.38. The third kappa shape index (κ3) is 3.17. The lowest BCUT2D eigenvalue weighted by atomic mass is 10.1. The summed E-state index contributed by atoms with van der Waals surface area (Å²) in [6.07, 6.45) is 3.54. The second-order valence-electron chi connectivity index (χ2n) is 6.38. The summed E-state index contributed by atoms with van der Waals surface area (Å²) in [6.45, 7) is 4.65. The molecule has 1 aliphatic rings. The Morgan fingerprint density at radius 1 is 1.04 bits per heavy atom. The molecule has 0 radical (unpaired) electrons. The fourth-order valence-electron chi connectivity index (χ4n) is 3.47. The maximum atomic E-state index is 5.50. The van der Waals surface area contributed by atoms with E-state index in [-0.39, 0.29) is 0 Å². The summed E-state index contributed by atoms with van der Waals surface area (Å²) in [6, 6.07) is 7.99. The molecule has 0 saturated carbocycles. The van der Waals surface area contributed by atoms with Crippen molar-refractivity contribution in [2.75, 3.05) is 45.3 Å². The van der Waals surface area contributed by atoms with E-state index in [1.54, 1.807) is 20.5 Å². The maximum Gasteiger partial charge on any atom is 0.142 e. The largest absolute Gasteiger partial charge is 0.497 e. The summed E-state index contributed by atoms with van der Waals surface area (Å²) in [7, 11) is 3.40. The molecule has 136 valence electrons. The number of H-pyrrole nitrogens is 1. The minimum atomic E-state index is 0.845. The Kier molecular flexibility index (Phi) is 4.62. The topological polar surface area (TPSA) is 66.5 Å². The lowest BCUT2D eigenvalue weighted by Gasteiger charge is -2.35. The molecule has 1 saturated heterocycles. The van der Waals surface area contributed by atoms with Crippen LogP contribution in [-0.2, 0) is 6.54 Å². The smallest absolute Gasteiger partial charge is 0.142 e. The van der Waals surface area contributed by atoms with Crippen molar-refractivity contribution in [3.05, 3.63) is 42.4 Å². The van der Waals surface area contributed by atoms with Gasteiger partial charge in [0.05, 0.1) is 19.6 Å². The van der Waals surface area contributed by atoms with Crippen LogP contribution < -0.4 is 14.4 Å². The van der Waals surface area contributed by atoms with Crippen molar-refractivity contribution in [1.29, 1.82) is 0 Å². The van der Waals surface area contributed by atoms with Crippen LogP contribution in [0.1, 0.15) is 5.56 Å². The second kappa shape index (κ2) is 7.21. The number of aromatic nitrogens is 3. The van der Waals surface area contributed by atoms with Gasteiger partial charge in [0.25, 0.3) is 0 Å². The number of rotatable bonds is 5. The van der Waals surface area contributed by atoms with E-state index >= 15 is 0 Å². The van der Waals surface area contributed by atoms with Gasteiger partial charge >= 0.3 is 0 Å². The molecule has 4 rings (SSSR count). The van der Waals surface area contributed by atoms with Crippen molar-refractivity contribution >= 4 is 16.9 Å². The lowest BCUT2D eigenvalue weighted by molar-refractivity contribution is 0.245. The lowest BCUT2D eigenvalue weighted by Crippen LogP contribution is -2.46. The number of aromatic amines is 1. The van der Waals surface area contributed by atoms with E-state index in [0.717, 1.165) is 66.6 Å². The van der Waals surface area contributed by atoms with Gasteiger partial charge in [-0.15, -0.1) is 0 Å². The van der Waals surface area contributed by atoms with Gasteiger partial charge in [0, 0.05) is 44.5 Å². The monoisotopic (exact) mass is 353 g/mol.